The van der Waals surface area contributed by atoms with Gasteiger partial charge in [0.2, 0.25) is 0 Å². The van der Waals surface area contributed by atoms with Crippen LogP contribution in [0.15, 0.2) is 24.4 Å². The van der Waals surface area contributed by atoms with E-state index in [1.165, 1.54) is 0 Å². The Morgan fingerprint density at radius 2 is 1.95 bits per heavy atom. The molecule has 19 heavy (non-hydrogen) atoms. The van der Waals surface area contributed by atoms with Crippen LogP contribution in [-0.4, -0.2) is 29.4 Å². The normalized spacial score (nSPS) is 12.4. The summed E-state index contributed by atoms with van der Waals surface area (Å²) in [6.07, 6.45) is 0.355. The Morgan fingerprint density at radius 1 is 1.26 bits per heavy atom. The van der Waals surface area contributed by atoms with Crippen molar-refractivity contribution in [2.24, 2.45) is 5.73 Å². The first kappa shape index (κ1) is 12.7. The highest BCUT2D eigenvalue weighted by Gasteiger charge is 2.16. The van der Waals surface area contributed by atoms with E-state index in [-0.39, 0.29) is 0 Å². The molecule has 0 aliphatic carbocycles. The van der Waals surface area contributed by atoms with Crippen LogP contribution in [0.2, 0.25) is 0 Å². The molecule has 0 spiro atoms. The lowest BCUT2D eigenvalue weighted by molar-refractivity contribution is 0.174. The Morgan fingerprint density at radius 3 is 2.68 bits per heavy atom. The van der Waals surface area contributed by atoms with E-state index in [2.05, 4.69) is 10.7 Å². The Balaban J connectivity index is 0.000000297. The molecule has 0 atom stereocenters. The molecule has 1 aliphatic heterocycles. The van der Waals surface area contributed by atoms with Gasteiger partial charge in [-0.25, -0.2) is 4.79 Å². The first-order valence-electron chi connectivity index (χ1n) is 5.51. The van der Waals surface area contributed by atoms with Crippen molar-refractivity contribution in [3.05, 3.63) is 24.4 Å². The van der Waals surface area contributed by atoms with Crippen LogP contribution in [0, 0.1) is 0 Å². The number of carbonyl (C=O) groups is 1. The lowest BCUT2D eigenvalue weighted by Crippen LogP contribution is -2.15. The summed E-state index contributed by atoms with van der Waals surface area (Å²) in [5, 5.41) is 8.04. The Bertz CT molecular complexity index is 611. The quantitative estimate of drug-likeness (QED) is 0.657. The Labute approximate surface area is 108 Å². The molecule has 0 fully saturated rings. The number of amides is 1. The van der Waals surface area contributed by atoms with E-state index in [0.29, 0.717) is 24.7 Å². The van der Waals surface area contributed by atoms with Crippen molar-refractivity contribution in [2.75, 3.05) is 18.9 Å². The molecule has 0 saturated heterocycles. The first-order valence-corrected chi connectivity index (χ1v) is 5.51. The Kier molecular flexibility index (Phi) is 3.56. The number of benzene rings is 1. The number of nitrogen functional groups attached to an aromatic ring is 1. The molecule has 100 valence electrons. The number of carboxylic acid groups (broad SMARTS) is 1. The van der Waals surface area contributed by atoms with Gasteiger partial charge in [-0.1, -0.05) is 0 Å². The van der Waals surface area contributed by atoms with Crippen molar-refractivity contribution in [3.63, 3.8) is 0 Å². The summed E-state index contributed by atoms with van der Waals surface area (Å²) in [5.74, 6) is 1.46. The van der Waals surface area contributed by atoms with Crippen molar-refractivity contribution < 1.29 is 19.4 Å². The van der Waals surface area contributed by atoms with Crippen molar-refractivity contribution in [3.8, 4) is 11.5 Å². The molecule has 2 heterocycles. The summed E-state index contributed by atoms with van der Waals surface area (Å²) < 4.78 is 11.1. The monoisotopic (exact) mass is 263 g/mol. The average Bonchev–Trinajstić information content (AvgIpc) is 2.38. The molecule has 0 radical (unpaired) electrons. The minimum absolute atomic E-state index is 0.556. The van der Waals surface area contributed by atoms with Gasteiger partial charge in [0.15, 0.2) is 11.5 Å². The fraction of sp³-hybridized carbons (Fsp3) is 0.167. The number of hydrogen-bond donors (Lipinski definition) is 3. The minimum Gasteiger partial charge on any atom is -0.486 e. The fourth-order valence-corrected chi connectivity index (χ4v) is 1.77. The second kappa shape index (κ2) is 5.30. The third kappa shape index (κ3) is 2.76. The predicted molar refractivity (Wildman–Crippen MR) is 69.4 cm³/mol. The number of pyridine rings is 1. The topological polar surface area (TPSA) is 121 Å². The summed E-state index contributed by atoms with van der Waals surface area (Å²) in [4.78, 5) is 13.0. The molecule has 0 saturated carbocycles. The molecule has 1 aromatic carbocycles. The van der Waals surface area contributed by atoms with Gasteiger partial charge in [0.25, 0.3) is 0 Å². The van der Waals surface area contributed by atoms with Crippen molar-refractivity contribution in [1.82, 2.24) is 4.98 Å². The maximum atomic E-state index is 8.78. The lowest BCUT2D eigenvalue weighted by Gasteiger charge is -2.20. The highest BCUT2D eigenvalue weighted by Crippen LogP contribution is 2.39. The summed E-state index contributed by atoms with van der Waals surface area (Å²) in [6, 6.07) is 5.52. The van der Waals surface area contributed by atoms with Crippen LogP contribution >= 0.6 is 0 Å². The maximum absolute atomic E-state index is 8.78. The van der Waals surface area contributed by atoms with E-state index < -0.39 is 6.09 Å². The molecule has 2 aromatic rings. The number of hydrogen-bond acceptors (Lipinski definition) is 5. The zero-order chi connectivity index (χ0) is 13.8. The average molecular weight is 263 g/mol. The molecule has 7 heteroatoms. The summed E-state index contributed by atoms with van der Waals surface area (Å²) >= 11 is 0. The molecule has 0 bridgehead atoms. The molecule has 1 aromatic heterocycles. The minimum atomic E-state index is -1.33. The van der Waals surface area contributed by atoms with Gasteiger partial charge >= 0.3 is 6.09 Å². The van der Waals surface area contributed by atoms with Crippen LogP contribution in [0.5, 0.6) is 11.5 Å². The summed E-state index contributed by atoms with van der Waals surface area (Å²) in [7, 11) is 0. The number of rotatable bonds is 0. The van der Waals surface area contributed by atoms with Gasteiger partial charge < -0.3 is 26.0 Å². The molecule has 1 amide bonds. The zero-order valence-corrected chi connectivity index (χ0v) is 10.00. The summed E-state index contributed by atoms with van der Waals surface area (Å²) in [5.41, 5.74) is 11.4. The van der Waals surface area contributed by atoms with Gasteiger partial charge in [-0.3, -0.25) is 4.98 Å². The number of primary amides is 1. The molecular formula is C12H13N3O4. The van der Waals surface area contributed by atoms with Crippen molar-refractivity contribution in [1.29, 1.82) is 0 Å². The van der Waals surface area contributed by atoms with Crippen LogP contribution in [0.4, 0.5) is 10.5 Å². The molecule has 3 rings (SSSR count). The van der Waals surface area contributed by atoms with Gasteiger partial charge in [0.05, 0.1) is 10.9 Å². The number of fused-ring (bicyclic) bond motifs is 3. The molecule has 5 N–H and O–H groups in total. The third-order valence-corrected chi connectivity index (χ3v) is 2.44. The maximum Gasteiger partial charge on any atom is 0.402 e. The highest BCUT2D eigenvalue weighted by atomic mass is 16.6. The lowest BCUT2D eigenvalue weighted by atomic mass is 10.1. The number of anilines is 1. The van der Waals surface area contributed by atoms with E-state index >= 15 is 0 Å². The first-order chi connectivity index (χ1) is 9.09. The SMILES string of the molecule is NC(=O)O.Nc1ccnc2ccc3c(c12)OCCO3. The van der Waals surface area contributed by atoms with E-state index in [1.807, 2.05) is 12.1 Å². The van der Waals surface area contributed by atoms with Gasteiger partial charge in [0.1, 0.15) is 13.2 Å². The Hall–Kier alpha value is -2.70. The van der Waals surface area contributed by atoms with Crippen LogP contribution in [0.3, 0.4) is 0 Å². The largest absolute Gasteiger partial charge is 0.486 e. The number of ether oxygens (including phenoxy) is 2. The van der Waals surface area contributed by atoms with Crippen LogP contribution in [0.1, 0.15) is 0 Å². The van der Waals surface area contributed by atoms with E-state index in [9.17, 15) is 0 Å². The van der Waals surface area contributed by atoms with E-state index in [4.69, 9.17) is 25.1 Å². The predicted octanol–water partition coefficient (Wildman–Crippen LogP) is 1.21. The summed E-state index contributed by atoms with van der Waals surface area (Å²) in [6.45, 7) is 1.14. The highest BCUT2D eigenvalue weighted by molar-refractivity contribution is 5.97. The van der Waals surface area contributed by atoms with Gasteiger partial charge in [-0.05, 0) is 18.2 Å². The van der Waals surface area contributed by atoms with Crippen molar-refractivity contribution >= 4 is 22.7 Å². The third-order valence-electron chi connectivity index (χ3n) is 2.44. The number of aromatic nitrogens is 1. The van der Waals surface area contributed by atoms with Crippen LogP contribution < -0.4 is 20.9 Å². The van der Waals surface area contributed by atoms with Crippen molar-refractivity contribution in [2.45, 2.75) is 0 Å². The number of nitrogens with zero attached hydrogens (tertiary/aromatic N) is 1. The standard InChI is InChI=1S/C11H10N2O2.CH3NO2/c12-7-3-4-13-8-1-2-9-11(10(7)8)15-6-5-14-9;2-1(3)4/h1-4H,5-6H2,(H2,12,13);2H2,(H,3,4). The van der Waals surface area contributed by atoms with Gasteiger partial charge in [0, 0.05) is 11.9 Å². The molecular weight excluding hydrogens is 250 g/mol. The zero-order valence-electron chi connectivity index (χ0n) is 10.00. The second-order valence-corrected chi connectivity index (χ2v) is 3.72. The van der Waals surface area contributed by atoms with Gasteiger partial charge in [-0.2, -0.15) is 0 Å². The fourth-order valence-electron chi connectivity index (χ4n) is 1.77. The van der Waals surface area contributed by atoms with Crippen LogP contribution in [0.25, 0.3) is 10.9 Å². The molecule has 1 aliphatic rings. The smallest absolute Gasteiger partial charge is 0.402 e. The second-order valence-electron chi connectivity index (χ2n) is 3.72. The molecule has 7 nitrogen and oxygen atoms in total. The van der Waals surface area contributed by atoms with Crippen LogP contribution in [-0.2, 0) is 0 Å². The van der Waals surface area contributed by atoms with E-state index in [1.54, 1.807) is 12.3 Å². The van der Waals surface area contributed by atoms with Gasteiger partial charge in [-0.15, -0.1) is 0 Å². The molecule has 0 unspecified atom stereocenters. The number of nitrogens with two attached hydrogens (primary N) is 2. The van der Waals surface area contributed by atoms with E-state index in [0.717, 1.165) is 16.7 Å².